The van der Waals surface area contributed by atoms with E-state index < -0.39 is 0 Å². The van der Waals surface area contributed by atoms with E-state index >= 15 is 0 Å². The molecule has 2 heteroatoms. The molecule has 12 heavy (non-hydrogen) atoms. The Morgan fingerprint density at radius 3 is 2.33 bits per heavy atom. The maximum atomic E-state index is 5.68. The van der Waals surface area contributed by atoms with Crippen LogP contribution in [0.3, 0.4) is 0 Å². The molecular weight excluding hydrogens is 148 g/mol. The lowest BCUT2D eigenvalue weighted by molar-refractivity contribution is 0.738. The van der Waals surface area contributed by atoms with Gasteiger partial charge < -0.3 is 11.1 Å². The summed E-state index contributed by atoms with van der Waals surface area (Å²) in [5.41, 5.74) is 8.12. The summed E-state index contributed by atoms with van der Waals surface area (Å²) < 4.78 is 0. The first-order valence-electron chi connectivity index (χ1n) is 4.24. The van der Waals surface area contributed by atoms with E-state index in [4.69, 9.17) is 5.73 Å². The zero-order valence-corrected chi connectivity index (χ0v) is 7.67. The van der Waals surface area contributed by atoms with Crippen LogP contribution in [0.2, 0.25) is 0 Å². The maximum absolute atomic E-state index is 5.68. The molecule has 0 amide bonds. The third kappa shape index (κ3) is 2.55. The van der Waals surface area contributed by atoms with Crippen LogP contribution in [0.4, 0.5) is 5.69 Å². The third-order valence-electron chi connectivity index (χ3n) is 1.80. The minimum atomic E-state index is 0.241. The fourth-order valence-corrected chi connectivity index (χ4v) is 1.18. The number of anilines is 1. The Balaban J connectivity index is 2.65. The minimum absolute atomic E-state index is 0.241. The molecule has 0 aliphatic heterocycles. The van der Waals surface area contributed by atoms with Gasteiger partial charge in [0.05, 0.1) is 0 Å². The number of hydrogen-bond acceptors (Lipinski definition) is 2. The summed E-state index contributed by atoms with van der Waals surface area (Å²) in [5, 5.41) is 3.08. The first kappa shape index (κ1) is 9.07. The Labute approximate surface area is 73.8 Å². The molecule has 0 aliphatic carbocycles. The Kier molecular flexibility index (Phi) is 3.11. The largest absolute Gasteiger partial charge is 0.388 e. The van der Waals surface area contributed by atoms with Gasteiger partial charge in [-0.05, 0) is 31.0 Å². The van der Waals surface area contributed by atoms with Crippen LogP contribution in [0.1, 0.15) is 12.5 Å². The van der Waals surface area contributed by atoms with Crippen molar-refractivity contribution in [3.05, 3.63) is 29.8 Å². The van der Waals surface area contributed by atoms with Crippen LogP contribution in [-0.4, -0.2) is 13.1 Å². The van der Waals surface area contributed by atoms with E-state index in [-0.39, 0.29) is 6.04 Å². The molecule has 66 valence electrons. The number of nitrogens with one attached hydrogen (secondary N) is 1. The first-order valence-corrected chi connectivity index (χ1v) is 4.24. The summed E-state index contributed by atoms with van der Waals surface area (Å²) in [6, 6.07) is 8.59. The van der Waals surface area contributed by atoms with E-state index in [9.17, 15) is 0 Å². The zero-order valence-electron chi connectivity index (χ0n) is 7.67. The molecule has 3 N–H and O–H groups in total. The van der Waals surface area contributed by atoms with Crippen molar-refractivity contribution in [3.8, 4) is 0 Å². The lowest BCUT2D eigenvalue weighted by Crippen LogP contribution is -2.17. The van der Waals surface area contributed by atoms with Gasteiger partial charge in [0, 0.05) is 18.8 Å². The SMILES string of the molecule is CNc1ccc(C[C@@H](C)N)cc1. The molecule has 0 radical (unpaired) electrons. The van der Waals surface area contributed by atoms with Gasteiger partial charge in [-0.15, -0.1) is 0 Å². The summed E-state index contributed by atoms with van der Waals surface area (Å²) in [4.78, 5) is 0. The standard InChI is InChI=1S/C10H16N2/c1-8(11)7-9-3-5-10(12-2)6-4-9/h3-6,8,12H,7,11H2,1-2H3/t8-/m1/s1. The highest BCUT2D eigenvalue weighted by molar-refractivity contribution is 5.43. The lowest BCUT2D eigenvalue weighted by atomic mass is 10.1. The van der Waals surface area contributed by atoms with E-state index in [2.05, 4.69) is 29.6 Å². The summed E-state index contributed by atoms with van der Waals surface area (Å²) in [7, 11) is 1.92. The van der Waals surface area contributed by atoms with Crippen molar-refractivity contribution in [2.24, 2.45) is 5.73 Å². The highest BCUT2D eigenvalue weighted by atomic mass is 14.8. The van der Waals surface area contributed by atoms with Gasteiger partial charge in [0.15, 0.2) is 0 Å². The average molecular weight is 164 g/mol. The number of benzene rings is 1. The number of nitrogens with two attached hydrogens (primary N) is 1. The van der Waals surface area contributed by atoms with Gasteiger partial charge >= 0.3 is 0 Å². The molecule has 0 saturated heterocycles. The molecule has 1 aromatic rings. The smallest absolute Gasteiger partial charge is 0.0337 e. The van der Waals surface area contributed by atoms with Crippen LogP contribution in [-0.2, 0) is 6.42 Å². The second-order valence-electron chi connectivity index (χ2n) is 3.13. The molecular formula is C10H16N2. The quantitative estimate of drug-likeness (QED) is 0.712. The zero-order chi connectivity index (χ0) is 8.97. The molecule has 1 aromatic carbocycles. The summed E-state index contributed by atoms with van der Waals surface area (Å²) in [6.45, 7) is 2.02. The van der Waals surface area contributed by atoms with Crippen LogP contribution >= 0.6 is 0 Å². The fourth-order valence-electron chi connectivity index (χ4n) is 1.18. The van der Waals surface area contributed by atoms with E-state index in [1.807, 2.05) is 14.0 Å². The van der Waals surface area contributed by atoms with Crippen molar-refractivity contribution in [3.63, 3.8) is 0 Å². The topological polar surface area (TPSA) is 38.0 Å². The van der Waals surface area contributed by atoms with E-state index in [0.29, 0.717) is 0 Å². The molecule has 0 unspecified atom stereocenters. The molecule has 0 saturated carbocycles. The van der Waals surface area contributed by atoms with Gasteiger partial charge in [0.1, 0.15) is 0 Å². The molecule has 0 bridgehead atoms. The van der Waals surface area contributed by atoms with Crippen molar-refractivity contribution in [1.29, 1.82) is 0 Å². The van der Waals surface area contributed by atoms with Crippen LogP contribution in [0.25, 0.3) is 0 Å². The second-order valence-corrected chi connectivity index (χ2v) is 3.13. The second kappa shape index (κ2) is 4.12. The van der Waals surface area contributed by atoms with Gasteiger partial charge in [0.25, 0.3) is 0 Å². The summed E-state index contributed by atoms with van der Waals surface area (Å²) >= 11 is 0. The highest BCUT2D eigenvalue weighted by Gasteiger charge is 1.96. The Bertz CT molecular complexity index is 226. The molecule has 1 rings (SSSR count). The molecule has 2 nitrogen and oxygen atoms in total. The van der Waals surface area contributed by atoms with E-state index in [0.717, 1.165) is 12.1 Å². The van der Waals surface area contributed by atoms with Gasteiger partial charge in [-0.25, -0.2) is 0 Å². The van der Waals surface area contributed by atoms with Crippen molar-refractivity contribution >= 4 is 5.69 Å². The number of hydrogen-bond donors (Lipinski definition) is 2. The van der Waals surface area contributed by atoms with Gasteiger partial charge in [-0.2, -0.15) is 0 Å². The van der Waals surface area contributed by atoms with Gasteiger partial charge in [0.2, 0.25) is 0 Å². The first-order chi connectivity index (χ1) is 5.72. The molecule has 0 spiro atoms. The van der Waals surface area contributed by atoms with Crippen LogP contribution in [0, 0.1) is 0 Å². The van der Waals surface area contributed by atoms with E-state index in [1.165, 1.54) is 5.56 Å². The summed E-state index contributed by atoms with van der Waals surface area (Å²) in [5.74, 6) is 0. The van der Waals surface area contributed by atoms with Crippen LogP contribution < -0.4 is 11.1 Å². The van der Waals surface area contributed by atoms with Crippen molar-refractivity contribution in [2.45, 2.75) is 19.4 Å². The van der Waals surface area contributed by atoms with Gasteiger partial charge in [-0.3, -0.25) is 0 Å². The highest BCUT2D eigenvalue weighted by Crippen LogP contribution is 2.09. The monoisotopic (exact) mass is 164 g/mol. The molecule has 0 aromatic heterocycles. The molecule has 0 aliphatic rings. The normalized spacial score (nSPS) is 12.6. The minimum Gasteiger partial charge on any atom is -0.388 e. The third-order valence-corrected chi connectivity index (χ3v) is 1.80. The van der Waals surface area contributed by atoms with Crippen LogP contribution in [0.5, 0.6) is 0 Å². The lowest BCUT2D eigenvalue weighted by Gasteiger charge is -2.05. The Morgan fingerprint density at radius 2 is 1.92 bits per heavy atom. The fraction of sp³-hybridized carbons (Fsp3) is 0.400. The Hall–Kier alpha value is -1.02. The number of rotatable bonds is 3. The van der Waals surface area contributed by atoms with Crippen molar-refractivity contribution < 1.29 is 0 Å². The predicted molar refractivity (Wildman–Crippen MR) is 53.3 cm³/mol. The van der Waals surface area contributed by atoms with Crippen molar-refractivity contribution in [2.75, 3.05) is 12.4 Å². The van der Waals surface area contributed by atoms with E-state index in [1.54, 1.807) is 0 Å². The Morgan fingerprint density at radius 1 is 1.33 bits per heavy atom. The molecule has 0 heterocycles. The molecule has 1 atom stereocenters. The average Bonchev–Trinajstić information content (AvgIpc) is 2.05. The van der Waals surface area contributed by atoms with Gasteiger partial charge in [-0.1, -0.05) is 12.1 Å². The molecule has 0 fully saturated rings. The van der Waals surface area contributed by atoms with Crippen molar-refractivity contribution in [1.82, 2.24) is 0 Å². The predicted octanol–water partition coefficient (Wildman–Crippen LogP) is 1.62. The van der Waals surface area contributed by atoms with Crippen LogP contribution in [0.15, 0.2) is 24.3 Å². The maximum Gasteiger partial charge on any atom is 0.0337 e. The summed E-state index contributed by atoms with van der Waals surface area (Å²) in [6.07, 6.45) is 0.948.